The largest absolute Gasteiger partial charge is 0.493 e. The average Bonchev–Trinajstić information content (AvgIpc) is 1.71. The first-order chi connectivity index (χ1) is 45.7. The lowest BCUT2D eigenvalue weighted by Crippen LogP contribution is -2.15. The van der Waals surface area contributed by atoms with Crippen molar-refractivity contribution in [2.24, 2.45) is 29.6 Å². The number of nitrogens with one attached hydrogen (secondary N) is 2. The summed E-state index contributed by atoms with van der Waals surface area (Å²) >= 11 is 0. The van der Waals surface area contributed by atoms with Crippen LogP contribution in [0.4, 0.5) is 11.6 Å². The van der Waals surface area contributed by atoms with E-state index in [0.29, 0.717) is 73.4 Å². The van der Waals surface area contributed by atoms with Crippen molar-refractivity contribution in [2.75, 3.05) is 43.7 Å². The molecule has 488 valence electrons. The van der Waals surface area contributed by atoms with E-state index < -0.39 is 11.8 Å². The van der Waals surface area contributed by atoms with Crippen molar-refractivity contribution >= 4 is 23.5 Å². The van der Waals surface area contributed by atoms with Crippen LogP contribution in [0.25, 0.3) is 92.7 Å². The number of hydrogen-bond acceptors (Lipinski definition) is 26. The summed E-state index contributed by atoms with van der Waals surface area (Å²) in [4.78, 5) is 59.5. The molecule has 11 rings (SSSR count). The molecule has 0 spiro atoms. The quantitative estimate of drug-likeness (QED) is 0.0483. The number of aromatic nitrogens is 15. The van der Waals surface area contributed by atoms with Crippen LogP contribution in [-0.2, 0) is 0 Å². The summed E-state index contributed by atoms with van der Waals surface area (Å²) < 4.78 is 56.0. The van der Waals surface area contributed by atoms with Crippen LogP contribution in [0.5, 0.6) is 28.7 Å². The van der Waals surface area contributed by atoms with Crippen molar-refractivity contribution in [2.45, 2.75) is 83.1 Å². The fourth-order valence-corrected chi connectivity index (χ4v) is 8.66. The number of nitrogens with zero attached hydrogens (tertiary/aromatic N) is 15. The Morgan fingerprint density at radius 2 is 0.558 bits per heavy atom. The summed E-state index contributed by atoms with van der Waals surface area (Å²) in [5.74, 6) is 2.27. The lowest BCUT2D eigenvalue weighted by atomic mass is 10.2. The van der Waals surface area contributed by atoms with E-state index in [1.165, 1.54) is 12.1 Å². The van der Waals surface area contributed by atoms with Crippen LogP contribution in [0.1, 0.15) is 101 Å². The van der Waals surface area contributed by atoms with Crippen molar-refractivity contribution in [3.63, 3.8) is 0 Å². The van der Waals surface area contributed by atoms with Crippen LogP contribution in [0, 0.1) is 43.4 Å². The van der Waals surface area contributed by atoms with Gasteiger partial charge in [-0.2, -0.15) is 0 Å². The van der Waals surface area contributed by atoms with E-state index in [9.17, 15) is 9.59 Å². The van der Waals surface area contributed by atoms with Crippen LogP contribution in [0.2, 0.25) is 0 Å². The van der Waals surface area contributed by atoms with Crippen molar-refractivity contribution in [3.05, 3.63) is 120 Å². The molecule has 2 amide bonds. The van der Waals surface area contributed by atoms with Crippen LogP contribution < -0.4 is 34.3 Å². The molecule has 95 heavy (non-hydrogen) atoms. The predicted octanol–water partition coefficient (Wildman–Crippen LogP) is 12.6. The maximum atomic E-state index is 13.6. The zero-order valence-electron chi connectivity index (χ0n) is 54.4. The Bertz CT molecular complexity index is 4250. The molecule has 11 aromatic heterocycles. The van der Waals surface area contributed by atoms with Crippen LogP contribution in [0.3, 0.4) is 0 Å². The number of hydrogen-bond donors (Lipinski definition) is 2. The van der Waals surface area contributed by atoms with Gasteiger partial charge in [0.15, 0.2) is 0 Å². The van der Waals surface area contributed by atoms with Gasteiger partial charge in [-0.15, -0.1) is 40.8 Å². The minimum atomic E-state index is -0.524. The highest BCUT2D eigenvalue weighted by molar-refractivity contribution is 6.03. The number of carbonyl (C=O) groups excluding carboxylic acids is 2. The molecule has 11 heterocycles. The van der Waals surface area contributed by atoms with Crippen LogP contribution in [-0.4, -0.2) is 121 Å². The normalized spacial score (nSPS) is 11.5. The summed E-state index contributed by atoms with van der Waals surface area (Å²) in [6.07, 6.45) is 3.21. The van der Waals surface area contributed by atoms with E-state index in [1.54, 1.807) is 73.1 Å². The number of pyridine rings is 7. The van der Waals surface area contributed by atoms with E-state index in [2.05, 4.69) is 71.4 Å². The number of amides is 2. The molecular weight excluding hydrogens is 1220 g/mol. The molecule has 0 fully saturated rings. The second-order valence-corrected chi connectivity index (χ2v) is 24.4. The van der Waals surface area contributed by atoms with Gasteiger partial charge < -0.3 is 52.0 Å². The standard InChI is InChI=1S/C67H69N17O11/c1-34(2)29-87-41-19-46(58(85)75-56-17-39(11)13-15-68-56)70-48(21-41)60-77-79-62(92-60)50-23-43(89-31-36(5)6)25-52(72-50)64-81-83-66(94-64)54-27-45(91-33-38(9)10)28-55(74-54)67-84-82-65(95-67)53-26-44(90-32-37(7)8)24-51(73-53)63-80-78-61(93-63)49-22-42(88-30-35(3)4)20-47(71-49)59(86)76-57-18-40(12)14-16-69-57/h13-28,34-38H,29-33H2,1-12H3,(H,68,75,85)(H,69,76,86). The molecule has 0 aromatic carbocycles. The molecule has 0 unspecified atom stereocenters. The monoisotopic (exact) mass is 1290 g/mol. The van der Waals surface area contributed by atoms with Crippen molar-refractivity contribution in [3.8, 4) is 121 Å². The van der Waals surface area contributed by atoms with Gasteiger partial charge in [-0.3, -0.25) is 9.59 Å². The first-order valence-corrected chi connectivity index (χ1v) is 30.8. The topological polar surface area (TPSA) is 350 Å². The smallest absolute Gasteiger partial charge is 0.275 e. The number of anilines is 2. The Kier molecular flexibility index (Phi) is 19.9. The fourth-order valence-electron chi connectivity index (χ4n) is 8.66. The zero-order chi connectivity index (χ0) is 66.9. The Morgan fingerprint density at radius 3 is 0.779 bits per heavy atom. The van der Waals surface area contributed by atoms with Crippen molar-refractivity contribution in [1.29, 1.82) is 0 Å². The van der Waals surface area contributed by atoms with Gasteiger partial charge in [-0.25, -0.2) is 34.9 Å². The highest BCUT2D eigenvalue weighted by atomic mass is 16.5. The van der Waals surface area contributed by atoms with Gasteiger partial charge in [0.1, 0.15) is 97.3 Å². The van der Waals surface area contributed by atoms with E-state index in [4.69, 9.17) is 56.3 Å². The second kappa shape index (κ2) is 29.0. The molecule has 0 radical (unpaired) electrons. The molecule has 0 atom stereocenters. The number of rotatable bonds is 27. The van der Waals surface area contributed by atoms with Gasteiger partial charge in [0.2, 0.25) is 0 Å². The first-order valence-electron chi connectivity index (χ1n) is 30.8. The maximum absolute atomic E-state index is 13.6. The maximum Gasteiger partial charge on any atom is 0.275 e. The SMILES string of the molecule is Cc1ccnc(NC(=O)c2cc(OCC(C)C)cc(-c3nnc(-c4cc(OCC(C)C)cc(-c5nnc(-c6cc(OCC(C)C)cc(-c7nnc(-c8cc(OCC(C)C)cc(-c9nnc(-c%10cc(OCC(C)C)cc(C(=O)Nc%11cc(C)ccn%11)n%10)o9)n8)o7)n6)o5)n4)o3)n2)c1. The number of ether oxygens (including phenoxy) is 5. The third kappa shape index (κ3) is 17.0. The van der Waals surface area contributed by atoms with Gasteiger partial charge in [-0.1, -0.05) is 69.2 Å². The Morgan fingerprint density at radius 1 is 0.337 bits per heavy atom. The highest BCUT2D eigenvalue weighted by Crippen LogP contribution is 2.36. The van der Waals surface area contributed by atoms with Crippen LogP contribution in [0.15, 0.2) is 115 Å². The van der Waals surface area contributed by atoms with E-state index in [-0.39, 0.29) is 134 Å². The van der Waals surface area contributed by atoms with Gasteiger partial charge in [0.25, 0.3) is 58.9 Å². The minimum absolute atomic E-state index is 0.0101. The van der Waals surface area contributed by atoms with Gasteiger partial charge >= 0.3 is 0 Å². The van der Waals surface area contributed by atoms with Gasteiger partial charge in [0, 0.05) is 73.1 Å². The molecule has 2 N–H and O–H groups in total. The van der Waals surface area contributed by atoms with Gasteiger partial charge in [0.05, 0.1) is 33.0 Å². The molecule has 0 aliphatic rings. The summed E-state index contributed by atoms with van der Waals surface area (Å²) in [7, 11) is 0. The minimum Gasteiger partial charge on any atom is -0.493 e. The first kappa shape index (κ1) is 65.1. The van der Waals surface area contributed by atoms with Crippen molar-refractivity contribution in [1.82, 2.24) is 75.7 Å². The third-order valence-corrected chi connectivity index (χ3v) is 13.1. The molecule has 28 heteroatoms. The van der Waals surface area contributed by atoms with Crippen molar-refractivity contribution < 1.29 is 50.9 Å². The lowest BCUT2D eigenvalue weighted by molar-refractivity contribution is 0.101. The van der Waals surface area contributed by atoms with Gasteiger partial charge in [-0.05, 0) is 78.8 Å². The van der Waals surface area contributed by atoms with E-state index in [0.717, 1.165) is 11.1 Å². The number of carbonyl (C=O) groups is 2. The molecular formula is C67H69N17O11. The molecule has 0 saturated carbocycles. The highest BCUT2D eigenvalue weighted by Gasteiger charge is 2.26. The summed E-state index contributed by atoms with van der Waals surface area (Å²) in [5.41, 5.74) is 3.44. The summed E-state index contributed by atoms with van der Waals surface area (Å²) in [6, 6.07) is 23.3. The Balaban J connectivity index is 0.893. The van der Waals surface area contributed by atoms with E-state index in [1.807, 2.05) is 95.2 Å². The Labute approximate surface area is 545 Å². The molecule has 28 nitrogen and oxygen atoms in total. The summed E-state index contributed by atoms with van der Waals surface area (Å²) in [6.45, 7) is 25.7. The molecule has 0 aliphatic carbocycles. The molecule has 0 saturated heterocycles. The van der Waals surface area contributed by atoms with E-state index >= 15 is 0 Å². The lowest BCUT2D eigenvalue weighted by Gasteiger charge is -2.11. The fraction of sp³-hybridized carbons (Fsp3) is 0.328. The molecule has 11 aromatic rings. The summed E-state index contributed by atoms with van der Waals surface area (Å²) in [5, 5.41) is 40.5. The predicted molar refractivity (Wildman–Crippen MR) is 346 cm³/mol. The number of aryl methyl sites for hydroxylation is 2. The average molecular weight is 1290 g/mol. The third-order valence-electron chi connectivity index (χ3n) is 13.1. The molecule has 0 bridgehead atoms. The van der Waals surface area contributed by atoms with Crippen LogP contribution >= 0.6 is 0 Å². The second-order valence-electron chi connectivity index (χ2n) is 24.4. The Hall–Kier alpha value is -11.4. The zero-order valence-corrected chi connectivity index (χ0v) is 54.4. The molecule has 0 aliphatic heterocycles.